The lowest BCUT2D eigenvalue weighted by Gasteiger charge is -2.09. The summed E-state index contributed by atoms with van der Waals surface area (Å²) in [5.41, 5.74) is 6.78. The van der Waals surface area contributed by atoms with Crippen LogP contribution in [-0.2, 0) is 6.54 Å². The van der Waals surface area contributed by atoms with Gasteiger partial charge in [-0.15, -0.1) is 0 Å². The summed E-state index contributed by atoms with van der Waals surface area (Å²) < 4.78 is 30.8. The van der Waals surface area contributed by atoms with Crippen molar-refractivity contribution in [3.05, 3.63) is 59.2 Å². The second kappa shape index (κ2) is 6.21. The van der Waals surface area contributed by atoms with E-state index >= 15 is 0 Å². The lowest BCUT2D eigenvalue weighted by atomic mass is 10.1. The molecule has 0 atom stereocenters. The van der Waals surface area contributed by atoms with E-state index in [2.05, 4.69) is 5.32 Å². The maximum atomic E-state index is 13.1. The molecular weight excluding hydrogens is 278 g/mol. The summed E-state index contributed by atoms with van der Waals surface area (Å²) in [4.78, 5) is 12.0. The molecule has 0 bridgehead atoms. The van der Waals surface area contributed by atoms with E-state index in [1.54, 1.807) is 6.07 Å². The van der Waals surface area contributed by atoms with Crippen LogP contribution in [0.3, 0.4) is 0 Å². The van der Waals surface area contributed by atoms with Crippen molar-refractivity contribution < 1.29 is 18.3 Å². The van der Waals surface area contributed by atoms with Crippen molar-refractivity contribution in [3.63, 3.8) is 0 Å². The third-order valence-electron chi connectivity index (χ3n) is 2.94. The highest BCUT2D eigenvalue weighted by Crippen LogP contribution is 2.19. The highest BCUT2D eigenvalue weighted by atomic mass is 19.2. The van der Waals surface area contributed by atoms with Gasteiger partial charge >= 0.3 is 0 Å². The highest BCUT2D eigenvalue weighted by molar-refractivity contribution is 5.99. The van der Waals surface area contributed by atoms with Crippen LogP contribution in [0.15, 0.2) is 36.4 Å². The SMILES string of the molecule is COc1ccc(C(=O)NCc2ccc(F)c(F)c2)c(N)c1. The number of nitrogens with one attached hydrogen (secondary N) is 1. The number of halogens is 2. The van der Waals surface area contributed by atoms with Crippen LogP contribution in [0.1, 0.15) is 15.9 Å². The molecule has 0 heterocycles. The van der Waals surface area contributed by atoms with Crippen LogP contribution >= 0.6 is 0 Å². The molecule has 0 unspecified atom stereocenters. The quantitative estimate of drug-likeness (QED) is 0.851. The molecule has 3 N–H and O–H groups in total. The predicted molar refractivity (Wildman–Crippen MR) is 74.9 cm³/mol. The smallest absolute Gasteiger partial charge is 0.253 e. The lowest BCUT2D eigenvalue weighted by Crippen LogP contribution is -2.23. The molecule has 2 aromatic carbocycles. The largest absolute Gasteiger partial charge is 0.497 e. The van der Waals surface area contributed by atoms with E-state index in [1.807, 2.05) is 0 Å². The van der Waals surface area contributed by atoms with E-state index in [-0.39, 0.29) is 12.2 Å². The molecule has 0 saturated carbocycles. The van der Waals surface area contributed by atoms with Crippen LogP contribution in [-0.4, -0.2) is 13.0 Å². The number of ether oxygens (including phenoxy) is 1. The maximum absolute atomic E-state index is 13.1. The van der Waals surface area contributed by atoms with Gasteiger partial charge in [-0.2, -0.15) is 0 Å². The van der Waals surface area contributed by atoms with Crippen molar-refractivity contribution >= 4 is 11.6 Å². The predicted octanol–water partition coefficient (Wildman–Crippen LogP) is 2.49. The van der Waals surface area contributed by atoms with E-state index in [0.29, 0.717) is 16.9 Å². The highest BCUT2D eigenvalue weighted by Gasteiger charge is 2.11. The maximum Gasteiger partial charge on any atom is 0.253 e. The second-order valence-electron chi connectivity index (χ2n) is 4.38. The molecule has 4 nitrogen and oxygen atoms in total. The first-order valence-electron chi connectivity index (χ1n) is 6.17. The zero-order valence-corrected chi connectivity index (χ0v) is 11.3. The summed E-state index contributed by atoms with van der Waals surface area (Å²) in [6.07, 6.45) is 0. The summed E-state index contributed by atoms with van der Waals surface area (Å²) in [5.74, 6) is -1.74. The topological polar surface area (TPSA) is 64.3 Å². The molecule has 0 aliphatic rings. The molecule has 0 spiro atoms. The Kier molecular flexibility index (Phi) is 4.37. The minimum atomic E-state index is -0.953. The van der Waals surface area contributed by atoms with Gasteiger partial charge in [0.15, 0.2) is 11.6 Å². The van der Waals surface area contributed by atoms with Gasteiger partial charge in [0.1, 0.15) is 5.75 Å². The number of carbonyl (C=O) groups excluding carboxylic acids is 1. The molecule has 0 aromatic heterocycles. The Morgan fingerprint density at radius 2 is 1.95 bits per heavy atom. The summed E-state index contributed by atoms with van der Waals surface area (Å²) in [7, 11) is 1.50. The van der Waals surface area contributed by atoms with Crippen LogP contribution < -0.4 is 15.8 Å². The Balaban J connectivity index is 2.06. The molecule has 1 amide bonds. The first-order chi connectivity index (χ1) is 10.0. The number of benzene rings is 2. The third kappa shape index (κ3) is 3.47. The minimum Gasteiger partial charge on any atom is -0.497 e. The van der Waals surface area contributed by atoms with Gasteiger partial charge in [-0.1, -0.05) is 6.07 Å². The van der Waals surface area contributed by atoms with Gasteiger partial charge in [0.25, 0.3) is 5.91 Å². The molecule has 0 fully saturated rings. The van der Waals surface area contributed by atoms with Gasteiger partial charge in [0.2, 0.25) is 0 Å². The number of rotatable bonds is 4. The van der Waals surface area contributed by atoms with Crippen molar-refractivity contribution in [2.45, 2.75) is 6.54 Å². The average molecular weight is 292 g/mol. The van der Waals surface area contributed by atoms with E-state index in [0.717, 1.165) is 12.1 Å². The van der Waals surface area contributed by atoms with Crippen LogP contribution in [0.4, 0.5) is 14.5 Å². The van der Waals surface area contributed by atoms with Crippen molar-refractivity contribution in [1.82, 2.24) is 5.32 Å². The molecule has 0 radical (unpaired) electrons. The fraction of sp³-hybridized carbons (Fsp3) is 0.133. The van der Waals surface area contributed by atoms with E-state index in [1.165, 1.54) is 25.3 Å². The number of nitrogen functional groups attached to an aromatic ring is 1. The second-order valence-corrected chi connectivity index (χ2v) is 4.38. The van der Waals surface area contributed by atoms with Crippen molar-refractivity contribution in [3.8, 4) is 5.75 Å². The Morgan fingerprint density at radius 1 is 1.19 bits per heavy atom. The molecule has 0 aliphatic carbocycles. The summed E-state index contributed by atoms with van der Waals surface area (Å²) in [6.45, 7) is 0.0709. The van der Waals surface area contributed by atoms with E-state index < -0.39 is 17.5 Å². The molecular formula is C15H14F2N2O2. The normalized spacial score (nSPS) is 10.2. The van der Waals surface area contributed by atoms with Crippen molar-refractivity contribution in [2.75, 3.05) is 12.8 Å². The Labute approximate surface area is 120 Å². The monoisotopic (exact) mass is 292 g/mol. The number of methoxy groups -OCH3 is 1. The fourth-order valence-corrected chi connectivity index (χ4v) is 1.80. The average Bonchev–Trinajstić information content (AvgIpc) is 2.48. The first-order valence-corrected chi connectivity index (χ1v) is 6.17. The van der Waals surface area contributed by atoms with Crippen molar-refractivity contribution in [2.24, 2.45) is 0 Å². The van der Waals surface area contributed by atoms with Crippen LogP contribution in [0.2, 0.25) is 0 Å². The first kappa shape index (κ1) is 14.8. The molecule has 110 valence electrons. The zero-order valence-electron chi connectivity index (χ0n) is 11.3. The Morgan fingerprint density at radius 3 is 2.57 bits per heavy atom. The molecule has 2 rings (SSSR count). The minimum absolute atomic E-state index is 0.0709. The Hall–Kier alpha value is -2.63. The van der Waals surface area contributed by atoms with Crippen LogP contribution in [0.5, 0.6) is 5.75 Å². The van der Waals surface area contributed by atoms with Gasteiger partial charge in [0, 0.05) is 18.3 Å². The molecule has 0 saturated heterocycles. The van der Waals surface area contributed by atoms with Crippen LogP contribution in [0.25, 0.3) is 0 Å². The number of amides is 1. The zero-order chi connectivity index (χ0) is 15.4. The van der Waals surface area contributed by atoms with Gasteiger partial charge in [0.05, 0.1) is 12.7 Å². The molecule has 2 aromatic rings. The van der Waals surface area contributed by atoms with Gasteiger partial charge in [-0.3, -0.25) is 4.79 Å². The van der Waals surface area contributed by atoms with Gasteiger partial charge in [-0.05, 0) is 29.8 Å². The number of carbonyl (C=O) groups is 1. The molecule has 21 heavy (non-hydrogen) atoms. The van der Waals surface area contributed by atoms with E-state index in [4.69, 9.17) is 10.5 Å². The Bertz CT molecular complexity index is 675. The van der Waals surface area contributed by atoms with Crippen LogP contribution in [0, 0.1) is 11.6 Å². The standard InChI is InChI=1S/C15H14F2N2O2/c1-21-10-3-4-11(14(18)7-10)15(20)19-8-9-2-5-12(16)13(17)6-9/h2-7H,8,18H2,1H3,(H,19,20). The number of anilines is 1. The third-order valence-corrected chi connectivity index (χ3v) is 2.94. The summed E-state index contributed by atoms with van der Waals surface area (Å²) >= 11 is 0. The molecule has 0 aliphatic heterocycles. The van der Waals surface area contributed by atoms with E-state index in [9.17, 15) is 13.6 Å². The number of nitrogens with two attached hydrogens (primary N) is 1. The number of hydrogen-bond acceptors (Lipinski definition) is 3. The van der Waals surface area contributed by atoms with Gasteiger partial charge < -0.3 is 15.8 Å². The number of hydrogen-bond donors (Lipinski definition) is 2. The summed E-state index contributed by atoms with van der Waals surface area (Å²) in [5, 5.41) is 2.59. The van der Waals surface area contributed by atoms with Gasteiger partial charge in [-0.25, -0.2) is 8.78 Å². The summed E-state index contributed by atoms with van der Waals surface area (Å²) in [6, 6.07) is 8.13. The fourth-order valence-electron chi connectivity index (χ4n) is 1.80. The molecule has 6 heteroatoms. The lowest BCUT2D eigenvalue weighted by molar-refractivity contribution is 0.0951. The van der Waals surface area contributed by atoms with Crippen molar-refractivity contribution in [1.29, 1.82) is 0 Å².